The lowest BCUT2D eigenvalue weighted by Gasteiger charge is -2.05. The summed E-state index contributed by atoms with van der Waals surface area (Å²) in [7, 11) is 3.23. The van der Waals surface area contributed by atoms with Crippen molar-refractivity contribution in [3.8, 4) is 22.8 Å². The zero-order valence-corrected chi connectivity index (χ0v) is 17.5. The first-order valence-electron chi connectivity index (χ1n) is 8.61. The van der Waals surface area contributed by atoms with Crippen LogP contribution in [0.5, 0.6) is 11.5 Å². The molecule has 0 atom stereocenters. The number of carbonyl (C=O) groups is 1. The minimum Gasteiger partial charge on any atom is -0.497 e. The van der Waals surface area contributed by atoms with Crippen LogP contribution in [0.3, 0.4) is 0 Å². The minimum absolute atomic E-state index is 0.185. The number of methoxy groups -OCH3 is 2. The van der Waals surface area contributed by atoms with E-state index < -0.39 is 0 Å². The number of thiocarbonyl (C=S) groups is 1. The molecule has 0 spiro atoms. The van der Waals surface area contributed by atoms with Crippen LogP contribution in [0.15, 0.2) is 60.0 Å². The Morgan fingerprint density at radius 2 is 1.66 bits per heavy atom. The highest BCUT2D eigenvalue weighted by Crippen LogP contribution is 2.26. The summed E-state index contributed by atoms with van der Waals surface area (Å²) in [5.74, 6) is 1.22. The van der Waals surface area contributed by atoms with Gasteiger partial charge in [-0.25, -0.2) is 4.98 Å². The maximum atomic E-state index is 12.0. The Labute approximate surface area is 178 Å². The van der Waals surface area contributed by atoms with Gasteiger partial charge in [0.1, 0.15) is 11.5 Å². The number of thiazole rings is 1. The summed E-state index contributed by atoms with van der Waals surface area (Å²) in [6.07, 6.45) is 3.11. The van der Waals surface area contributed by atoms with Gasteiger partial charge in [-0.2, -0.15) is 0 Å². The summed E-state index contributed by atoms with van der Waals surface area (Å²) < 4.78 is 10.3. The van der Waals surface area contributed by atoms with Crippen LogP contribution in [0.25, 0.3) is 17.3 Å². The van der Waals surface area contributed by atoms with E-state index in [0.717, 1.165) is 28.3 Å². The zero-order chi connectivity index (χ0) is 20.6. The number of rotatable bonds is 6. The predicted molar refractivity (Wildman–Crippen MR) is 120 cm³/mol. The Hall–Kier alpha value is -3.23. The molecule has 2 aromatic carbocycles. The van der Waals surface area contributed by atoms with Gasteiger partial charge in [0.05, 0.1) is 19.9 Å². The third-order valence-electron chi connectivity index (χ3n) is 3.89. The maximum Gasteiger partial charge on any atom is 0.250 e. The zero-order valence-electron chi connectivity index (χ0n) is 15.8. The number of nitrogens with zero attached hydrogens (tertiary/aromatic N) is 1. The van der Waals surface area contributed by atoms with Crippen LogP contribution in [-0.4, -0.2) is 30.2 Å². The summed E-state index contributed by atoms with van der Waals surface area (Å²) in [6.45, 7) is 0. The van der Waals surface area contributed by atoms with Gasteiger partial charge in [-0.1, -0.05) is 12.1 Å². The number of hydrogen-bond acceptors (Lipinski definition) is 6. The second-order valence-electron chi connectivity index (χ2n) is 5.82. The lowest BCUT2D eigenvalue weighted by atomic mass is 10.2. The smallest absolute Gasteiger partial charge is 0.250 e. The molecule has 3 rings (SSSR count). The third kappa shape index (κ3) is 5.87. The highest BCUT2D eigenvalue weighted by Gasteiger charge is 2.07. The first kappa shape index (κ1) is 20.5. The standard InChI is InChI=1S/C21H19N3O3S2/c1-26-16-8-3-14(4-9-16)5-12-19(25)23-20(28)24-21-22-18(13-29-21)15-6-10-17(27-2)11-7-15/h3-13H,1-2H3,(H2,22,23,24,25,28)/b12-5+. The molecule has 1 amide bonds. The largest absolute Gasteiger partial charge is 0.497 e. The van der Waals surface area contributed by atoms with Crippen LogP contribution in [0.1, 0.15) is 5.56 Å². The van der Waals surface area contributed by atoms with E-state index in [2.05, 4.69) is 15.6 Å². The number of benzene rings is 2. The molecule has 148 valence electrons. The predicted octanol–water partition coefficient (Wildman–Crippen LogP) is 4.35. The number of hydrogen-bond donors (Lipinski definition) is 2. The second kappa shape index (κ2) is 9.81. The summed E-state index contributed by atoms with van der Waals surface area (Å²) >= 11 is 6.59. The van der Waals surface area contributed by atoms with Crippen LogP contribution >= 0.6 is 23.6 Å². The van der Waals surface area contributed by atoms with Crippen molar-refractivity contribution in [1.82, 2.24) is 10.3 Å². The number of anilines is 1. The van der Waals surface area contributed by atoms with Gasteiger partial charge in [0.25, 0.3) is 0 Å². The Bertz CT molecular complexity index is 1010. The Morgan fingerprint density at radius 3 is 2.28 bits per heavy atom. The summed E-state index contributed by atoms with van der Waals surface area (Å²) in [6, 6.07) is 15.0. The van der Waals surface area contributed by atoms with E-state index in [4.69, 9.17) is 21.7 Å². The van der Waals surface area contributed by atoms with Gasteiger partial charge in [0, 0.05) is 17.0 Å². The lowest BCUT2D eigenvalue weighted by molar-refractivity contribution is -0.115. The summed E-state index contributed by atoms with van der Waals surface area (Å²) in [4.78, 5) is 16.5. The van der Waals surface area contributed by atoms with E-state index >= 15 is 0 Å². The molecule has 0 aliphatic rings. The van der Waals surface area contributed by atoms with Crippen molar-refractivity contribution in [1.29, 1.82) is 0 Å². The first-order valence-corrected chi connectivity index (χ1v) is 9.90. The van der Waals surface area contributed by atoms with Gasteiger partial charge in [0.15, 0.2) is 10.2 Å². The molecule has 0 unspecified atom stereocenters. The number of ether oxygens (including phenoxy) is 2. The summed E-state index contributed by atoms with van der Waals surface area (Å²) in [5.41, 5.74) is 2.66. The van der Waals surface area contributed by atoms with Crippen molar-refractivity contribution < 1.29 is 14.3 Å². The van der Waals surface area contributed by atoms with Crippen molar-refractivity contribution >= 4 is 45.8 Å². The third-order valence-corrected chi connectivity index (χ3v) is 4.85. The molecule has 8 heteroatoms. The van der Waals surface area contributed by atoms with Crippen molar-refractivity contribution in [2.24, 2.45) is 0 Å². The van der Waals surface area contributed by atoms with Gasteiger partial charge in [0.2, 0.25) is 5.91 Å². The Morgan fingerprint density at radius 1 is 1.03 bits per heavy atom. The van der Waals surface area contributed by atoms with Crippen molar-refractivity contribution in [2.75, 3.05) is 19.5 Å². The molecule has 6 nitrogen and oxygen atoms in total. The number of aromatic nitrogens is 1. The normalized spacial score (nSPS) is 10.6. The molecule has 0 bridgehead atoms. The van der Waals surface area contributed by atoms with Gasteiger partial charge < -0.3 is 14.8 Å². The molecule has 0 aliphatic heterocycles. The van der Waals surface area contributed by atoms with Gasteiger partial charge in [-0.05, 0) is 60.3 Å². The SMILES string of the molecule is COc1ccc(/C=C/C(=O)NC(=S)Nc2nc(-c3ccc(OC)cc3)cs2)cc1. The molecular weight excluding hydrogens is 406 g/mol. The van der Waals surface area contributed by atoms with Crippen LogP contribution in [0.4, 0.5) is 5.13 Å². The highest BCUT2D eigenvalue weighted by molar-refractivity contribution is 7.80. The lowest BCUT2D eigenvalue weighted by Crippen LogP contribution is -2.32. The highest BCUT2D eigenvalue weighted by atomic mass is 32.1. The first-order chi connectivity index (χ1) is 14.1. The fraction of sp³-hybridized carbons (Fsp3) is 0.0952. The minimum atomic E-state index is -0.328. The van der Waals surface area contributed by atoms with Crippen LogP contribution in [-0.2, 0) is 4.79 Å². The van der Waals surface area contributed by atoms with Crippen molar-refractivity contribution in [3.05, 3.63) is 65.6 Å². The summed E-state index contributed by atoms with van der Waals surface area (Å²) in [5, 5.41) is 8.23. The maximum absolute atomic E-state index is 12.0. The number of nitrogens with one attached hydrogen (secondary N) is 2. The molecule has 0 saturated heterocycles. The molecular formula is C21H19N3O3S2. The van der Waals surface area contributed by atoms with E-state index in [9.17, 15) is 4.79 Å². The number of amides is 1. The van der Waals surface area contributed by atoms with E-state index in [1.54, 1.807) is 20.3 Å². The average molecular weight is 426 g/mol. The quantitative estimate of drug-likeness (QED) is 0.452. The number of carbonyl (C=O) groups excluding carboxylic acids is 1. The molecule has 0 fully saturated rings. The fourth-order valence-corrected chi connectivity index (χ4v) is 3.38. The van der Waals surface area contributed by atoms with Crippen molar-refractivity contribution in [3.63, 3.8) is 0 Å². The molecule has 3 aromatic rings. The van der Waals surface area contributed by atoms with E-state index in [0.29, 0.717) is 5.13 Å². The van der Waals surface area contributed by atoms with Crippen LogP contribution in [0.2, 0.25) is 0 Å². The molecule has 1 aromatic heterocycles. The van der Waals surface area contributed by atoms with Gasteiger partial charge >= 0.3 is 0 Å². The monoisotopic (exact) mass is 425 g/mol. The van der Waals surface area contributed by atoms with Crippen LogP contribution < -0.4 is 20.1 Å². The molecule has 29 heavy (non-hydrogen) atoms. The topological polar surface area (TPSA) is 72.5 Å². The Balaban J connectivity index is 1.54. The van der Waals surface area contributed by atoms with E-state index in [1.807, 2.05) is 53.9 Å². The van der Waals surface area contributed by atoms with Gasteiger partial charge in [-0.15, -0.1) is 11.3 Å². The van der Waals surface area contributed by atoms with E-state index in [-0.39, 0.29) is 11.0 Å². The second-order valence-corrected chi connectivity index (χ2v) is 7.08. The fourth-order valence-electron chi connectivity index (χ4n) is 2.39. The molecule has 0 saturated carbocycles. The molecule has 0 aliphatic carbocycles. The molecule has 0 radical (unpaired) electrons. The van der Waals surface area contributed by atoms with E-state index in [1.165, 1.54) is 17.4 Å². The van der Waals surface area contributed by atoms with Crippen molar-refractivity contribution in [2.45, 2.75) is 0 Å². The molecule has 1 heterocycles. The van der Waals surface area contributed by atoms with Crippen LogP contribution in [0, 0.1) is 0 Å². The molecule has 2 N–H and O–H groups in total. The average Bonchev–Trinajstić information content (AvgIpc) is 3.21. The Kier molecular flexibility index (Phi) is 6.94. The van der Waals surface area contributed by atoms with Gasteiger partial charge in [-0.3, -0.25) is 10.1 Å².